The van der Waals surface area contributed by atoms with Crippen molar-refractivity contribution in [3.05, 3.63) is 101 Å². The van der Waals surface area contributed by atoms with Gasteiger partial charge < -0.3 is 15.1 Å². The lowest BCUT2D eigenvalue weighted by atomic mass is 9.82. The van der Waals surface area contributed by atoms with E-state index >= 15 is 0 Å². The van der Waals surface area contributed by atoms with E-state index < -0.39 is 17.4 Å². The van der Waals surface area contributed by atoms with E-state index in [4.69, 9.17) is 0 Å². The van der Waals surface area contributed by atoms with Crippen molar-refractivity contribution in [3.63, 3.8) is 0 Å². The largest absolute Gasteiger partial charge is 0.396 e. The predicted octanol–water partition coefficient (Wildman–Crippen LogP) is 6.93. The first-order valence-electron chi connectivity index (χ1n) is 14.3. The van der Waals surface area contributed by atoms with Gasteiger partial charge in [-0.05, 0) is 75.8 Å². The third kappa shape index (κ3) is 5.03. The molecule has 0 radical (unpaired) electrons. The molecule has 2 amide bonds. The number of fused-ring (bicyclic) bond motifs is 1. The van der Waals surface area contributed by atoms with Crippen molar-refractivity contribution in [3.8, 4) is 0 Å². The maximum Gasteiger partial charge on any atom is 0.264 e. The smallest absolute Gasteiger partial charge is 0.264 e. The Hall–Kier alpha value is -4.00. The molecule has 2 aliphatic heterocycles. The third-order valence-corrected chi connectivity index (χ3v) is 8.16. The minimum atomic E-state index is -1.82. The van der Waals surface area contributed by atoms with Gasteiger partial charge in [0.1, 0.15) is 0 Å². The fourth-order valence-electron chi connectivity index (χ4n) is 5.88. The molecule has 6 nitrogen and oxygen atoms in total. The molecule has 0 saturated carbocycles. The van der Waals surface area contributed by atoms with E-state index in [1.165, 1.54) is 11.1 Å². The van der Waals surface area contributed by atoms with Gasteiger partial charge in [0.05, 0.1) is 16.9 Å². The lowest BCUT2D eigenvalue weighted by Gasteiger charge is -2.28. The first-order valence-corrected chi connectivity index (χ1v) is 14.3. The molecular formula is C35H38N2O4. The molecule has 2 heterocycles. The standard InChI is InChI=1S/C35H38N2O4/c1-23(2)10-7-11-24(3)19-20-36-30-18-17-27(22-29(30)35(41,34(36)40)25(4)12-5-6-21-38)37-31-16-9-14-26-13-8-15-28(32(26)31)33(37)39/h5,8-10,12-19,22,25,38,41H,6-7,11,20-21H2,1-4H3/b12-5+,24-19+/t25-,35+/m1/s1. The molecule has 41 heavy (non-hydrogen) atoms. The van der Waals surface area contributed by atoms with Crippen molar-refractivity contribution >= 4 is 39.6 Å². The molecular weight excluding hydrogens is 512 g/mol. The summed E-state index contributed by atoms with van der Waals surface area (Å²) in [5.74, 6) is -1.08. The van der Waals surface area contributed by atoms with E-state index in [2.05, 4.69) is 26.8 Å². The van der Waals surface area contributed by atoms with Gasteiger partial charge in [-0.25, -0.2) is 0 Å². The molecule has 3 aromatic rings. The number of anilines is 3. The maximum atomic E-state index is 14.0. The summed E-state index contributed by atoms with van der Waals surface area (Å²) in [5.41, 5.74) is 3.79. The summed E-state index contributed by atoms with van der Waals surface area (Å²) >= 11 is 0. The molecule has 0 aliphatic carbocycles. The fourth-order valence-corrected chi connectivity index (χ4v) is 5.88. The molecule has 0 unspecified atom stereocenters. The van der Waals surface area contributed by atoms with Gasteiger partial charge in [-0.15, -0.1) is 0 Å². The summed E-state index contributed by atoms with van der Waals surface area (Å²) in [6.07, 6.45) is 10.1. The Morgan fingerprint density at radius 1 is 0.976 bits per heavy atom. The first-order chi connectivity index (χ1) is 19.7. The Balaban J connectivity index is 1.55. The van der Waals surface area contributed by atoms with Gasteiger partial charge >= 0.3 is 0 Å². The Labute approximate surface area is 241 Å². The van der Waals surface area contributed by atoms with Crippen LogP contribution < -0.4 is 9.80 Å². The zero-order chi connectivity index (χ0) is 29.3. The molecule has 0 spiro atoms. The average Bonchev–Trinajstić information content (AvgIpc) is 3.36. The van der Waals surface area contributed by atoms with Crippen molar-refractivity contribution in [2.24, 2.45) is 5.92 Å². The summed E-state index contributed by atoms with van der Waals surface area (Å²) in [7, 11) is 0. The Morgan fingerprint density at radius 2 is 1.73 bits per heavy atom. The molecule has 212 valence electrons. The molecule has 3 aromatic carbocycles. The molecule has 0 fully saturated rings. The number of allylic oxidation sites excluding steroid dienone is 3. The third-order valence-electron chi connectivity index (χ3n) is 8.16. The van der Waals surface area contributed by atoms with Crippen LogP contribution in [0.1, 0.15) is 62.9 Å². The van der Waals surface area contributed by atoms with Gasteiger partial charge in [0, 0.05) is 35.7 Å². The SMILES string of the molecule is CC(C)=CCC/C(C)=C/CN1C(=O)[C@](O)([C@H](C)/C=C/CCO)c2cc(N3C(=O)c4cccc5cccc3c45)ccc21. The minimum Gasteiger partial charge on any atom is -0.396 e. The predicted molar refractivity (Wildman–Crippen MR) is 166 cm³/mol. The van der Waals surface area contributed by atoms with E-state index in [1.54, 1.807) is 28.0 Å². The van der Waals surface area contributed by atoms with Crippen LogP contribution in [-0.2, 0) is 10.4 Å². The molecule has 0 aromatic heterocycles. The van der Waals surface area contributed by atoms with Crippen LogP contribution in [0.4, 0.5) is 17.1 Å². The van der Waals surface area contributed by atoms with Gasteiger partial charge in [0.2, 0.25) is 0 Å². The van der Waals surface area contributed by atoms with Crippen LogP contribution in [0.15, 0.2) is 90.0 Å². The molecule has 2 atom stereocenters. The van der Waals surface area contributed by atoms with Crippen molar-refractivity contribution < 1.29 is 19.8 Å². The highest BCUT2D eigenvalue weighted by molar-refractivity contribution is 6.28. The van der Waals surface area contributed by atoms with Crippen LogP contribution in [0.3, 0.4) is 0 Å². The number of aliphatic hydroxyl groups excluding tert-OH is 1. The number of amides is 2. The second-order valence-electron chi connectivity index (χ2n) is 11.3. The number of carbonyl (C=O) groups is 2. The van der Waals surface area contributed by atoms with Gasteiger partial charge in [0.15, 0.2) is 5.60 Å². The summed E-state index contributed by atoms with van der Waals surface area (Å²) in [5, 5.41) is 23.3. The van der Waals surface area contributed by atoms with E-state index in [1.807, 2.05) is 61.5 Å². The average molecular weight is 551 g/mol. The van der Waals surface area contributed by atoms with Crippen molar-refractivity contribution in [2.75, 3.05) is 23.0 Å². The normalized spacial score (nSPS) is 19.0. The minimum absolute atomic E-state index is 0.0115. The van der Waals surface area contributed by atoms with Crippen LogP contribution in [-0.4, -0.2) is 35.2 Å². The first kappa shape index (κ1) is 28.5. The number of nitrogens with zero attached hydrogens (tertiary/aromatic N) is 2. The van der Waals surface area contributed by atoms with Crippen molar-refractivity contribution in [2.45, 2.75) is 52.6 Å². The zero-order valence-electron chi connectivity index (χ0n) is 24.2. The Kier molecular flexibility index (Phi) is 7.98. The zero-order valence-corrected chi connectivity index (χ0v) is 24.2. The Morgan fingerprint density at radius 3 is 2.46 bits per heavy atom. The van der Waals surface area contributed by atoms with Crippen molar-refractivity contribution in [1.82, 2.24) is 0 Å². The second kappa shape index (κ2) is 11.5. The highest BCUT2D eigenvalue weighted by atomic mass is 16.3. The lowest BCUT2D eigenvalue weighted by molar-refractivity contribution is -0.139. The van der Waals surface area contributed by atoms with Crippen LogP contribution in [0, 0.1) is 5.92 Å². The lowest BCUT2D eigenvalue weighted by Crippen LogP contribution is -2.44. The molecule has 0 bridgehead atoms. The highest BCUT2D eigenvalue weighted by Crippen LogP contribution is 2.49. The summed E-state index contributed by atoms with van der Waals surface area (Å²) in [6.45, 7) is 8.37. The van der Waals surface area contributed by atoms with Crippen LogP contribution in [0.25, 0.3) is 10.8 Å². The van der Waals surface area contributed by atoms with E-state index in [9.17, 15) is 19.8 Å². The number of benzene rings is 3. The summed E-state index contributed by atoms with van der Waals surface area (Å²) < 4.78 is 0. The number of hydrogen-bond donors (Lipinski definition) is 2. The van der Waals surface area contributed by atoms with Crippen LogP contribution >= 0.6 is 0 Å². The van der Waals surface area contributed by atoms with Gasteiger partial charge in [-0.2, -0.15) is 0 Å². The van der Waals surface area contributed by atoms with Crippen LogP contribution in [0.5, 0.6) is 0 Å². The molecule has 2 N–H and O–H groups in total. The summed E-state index contributed by atoms with van der Waals surface area (Å²) in [4.78, 5) is 30.9. The van der Waals surface area contributed by atoms with E-state index in [0.717, 1.165) is 29.3 Å². The second-order valence-corrected chi connectivity index (χ2v) is 11.3. The number of aliphatic hydroxyl groups is 2. The van der Waals surface area contributed by atoms with Gasteiger partial charge in [0.25, 0.3) is 11.8 Å². The number of rotatable bonds is 10. The molecule has 0 saturated heterocycles. The number of carbonyl (C=O) groups excluding carboxylic acids is 2. The van der Waals surface area contributed by atoms with Gasteiger partial charge in [-0.1, -0.05) is 66.6 Å². The van der Waals surface area contributed by atoms with Crippen LogP contribution in [0.2, 0.25) is 0 Å². The van der Waals surface area contributed by atoms with E-state index in [0.29, 0.717) is 35.5 Å². The quantitative estimate of drug-likeness (QED) is 0.268. The number of hydrogen-bond acceptors (Lipinski definition) is 4. The summed E-state index contributed by atoms with van der Waals surface area (Å²) in [6, 6.07) is 17.1. The van der Waals surface area contributed by atoms with Gasteiger partial charge in [-0.3, -0.25) is 14.5 Å². The molecule has 6 heteroatoms. The van der Waals surface area contributed by atoms with E-state index in [-0.39, 0.29) is 12.5 Å². The fraction of sp³-hybridized carbons (Fsp3) is 0.314. The maximum absolute atomic E-state index is 14.0. The monoisotopic (exact) mass is 550 g/mol. The topological polar surface area (TPSA) is 81.1 Å². The highest BCUT2D eigenvalue weighted by Gasteiger charge is 2.52. The van der Waals surface area contributed by atoms with Crippen molar-refractivity contribution in [1.29, 1.82) is 0 Å². The molecule has 5 rings (SSSR count). The molecule has 2 aliphatic rings. The Bertz CT molecular complexity index is 1590.